The Labute approximate surface area is 151 Å². The summed E-state index contributed by atoms with van der Waals surface area (Å²) < 4.78 is 10.5. The summed E-state index contributed by atoms with van der Waals surface area (Å²) in [5.74, 6) is 0.774. The van der Waals surface area contributed by atoms with Crippen LogP contribution in [0.25, 0.3) is 0 Å². The van der Waals surface area contributed by atoms with Crippen LogP contribution in [0, 0.1) is 0 Å². The van der Waals surface area contributed by atoms with Crippen LogP contribution in [0.1, 0.15) is 34.1 Å². The molecule has 0 spiro atoms. The monoisotopic (exact) mass is 357 g/mol. The molecular formula is C17H35N5O3. The van der Waals surface area contributed by atoms with Gasteiger partial charge >= 0.3 is 6.09 Å². The first-order chi connectivity index (χ1) is 11.9. The van der Waals surface area contributed by atoms with Gasteiger partial charge < -0.3 is 25.4 Å². The zero-order chi connectivity index (χ0) is 18.5. The van der Waals surface area contributed by atoms with Crippen molar-refractivity contribution in [1.29, 1.82) is 0 Å². The van der Waals surface area contributed by atoms with E-state index in [1.54, 1.807) is 0 Å². The van der Waals surface area contributed by atoms with Crippen molar-refractivity contribution in [3.63, 3.8) is 0 Å². The highest BCUT2D eigenvalue weighted by Gasteiger charge is 2.15. The van der Waals surface area contributed by atoms with Crippen LogP contribution in [0.2, 0.25) is 0 Å². The average molecular weight is 357 g/mol. The Morgan fingerprint density at radius 1 is 1.16 bits per heavy atom. The third-order valence-corrected chi connectivity index (χ3v) is 3.44. The van der Waals surface area contributed by atoms with Crippen LogP contribution in [0.4, 0.5) is 4.79 Å². The lowest BCUT2D eigenvalue weighted by atomic mass is 10.2. The van der Waals surface area contributed by atoms with Gasteiger partial charge in [-0.3, -0.25) is 9.89 Å². The number of nitrogens with zero attached hydrogens (tertiary/aromatic N) is 2. The van der Waals surface area contributed by atoms with Crippen LogP contribution in [0.5, 0.6) is 0 Å². The van der Waals surface area contributed by atoms with E-state index in [9.17, 15) is 4.79 Å². The van der Waals surface area contributed by atoms with Crippen molar-refractivity contribution >= 4 is 12.1 Å². The van der Waals surface area contributed by atoms with E-state index in [0.29, 0.717) is 13.1 Å². The molecule has 8 nitrogen and oxygen atoms in total. The number of hydrogen-bond donors (Lipinski definition) is 3. The maximum absolute atomic E-state index is 11.6. The minimum absolute atomic E-state index is 0.401. The fourth-order valence-corrected chi connectivity index (χ4v) is 2.31. The van der Waals surface area contributed by atoms with Crippen LogP contribution in [0.3, 0.4) is 0 Å². The van der Waals surface area contributed by atoms with E-state index < -0.39 is 11.7 Å². The number of guanidine groups is 1. The van der Waals surface area contributed by atoms with Gasteiger partial charge in [0.05, 0.1) is 13.2 Å². The number of amides is 1. The molecule has 1 rings (SSSR count). The highest BCUT2D eigenvalue weighted by Crippen LogP contribution is 2.05. The molecule has 0 radical (unpaired) electrons. The Kier molecular flexibility index (Phi) is 10.3. The minimum atomic E-state index is -0.478. The molecular weight excluding hydrogens is 322 g/mol. The predicted octanol–water partition coefficient (Wildman–Crippen LogP) is 0.789. The smallest absolute Gasteiger partial charge is 0.407 e. The lowest BCUT2D eigenvalue weighted by molar-refractivity contribution is 0.0377. The molecule has 0 bridgehead atoms. The summed E-state index contributed by atoms with van der Waals surface area (Å²) in [4.78, 5) is 18.5. The zero-order valence-corrected chi connectivity index (χ0v) is 16.2. The minimum Gasteiger partial charge on any atom is -0.444 e. The lowest BCUT2D eigenvalue weighted by Gasteiger charge is -2.26. The quantitative estimate of drug-likeness (QED) is 0.338. The van der Waals surface area contributed by atoms with E-state index in [2.05, 4.69) is 25.8 Å². The molecule has 1 saturated heterocycles. The largest absolute Gasteiger partial charge is 0.444 e. The van der Waals surface area contributed by atoms with Crippen molar-refractivity contribution in [2.45, 2.75) is 39.7 Å². The van der Waals surface area contributed by atoms with Crippen molar-refractivity contribution in [3.05, 3.63) is 0 Å². The van der Waals surface area contributed by atoms with E-state index in [0.717, 1.165) is 58.3 Å². The maximum Gasteiger partial charge on any atom is 0.407 e. The van der Waals surface area contributed by atoms with E-state index >= 15 is 0 Å². The van der Waals surface area contributed by atoms with Crippen LogP contribution >= 0.6 is 0 Å². The molecule has 0 aromatic rings. The molecule has 146 valence electrons. The Hall–Kier alpha value is -1.54. The Morgan fingerprint density at radius 3 is 2.48 bits per heavy atom. The topological polar surface area (TPSA) is 87.2 Å². The van der Waals surface area contributed by atoms with Crippen LogP contribution < -0.4 is 16.0 Å². The molecule has 1 fully saturated rings. The third-order valence-electron chi connectivity index (χ3n) is 3.44. The van der Waals surface area contributed by atoms with Gasteiger partial charge in [0.2, 0.25) is 0 Å². The number of hydrogen-bond acceptors (Lipinski definition) is 5. The molecule has 1 aliphatic heterocycles. The van der Waals surface area contributed by atoms with Gasteiger partial charge in [0.25, 0.3) is 0 Å². The molecule has 1 aliphatic rings. The van der Waals surface area contributed by atoms with Crippen LogP contribution in [-0.2, 0) is 9.47 Å². The second-order valence-electron chi connectivity index (χ2n) is 6.92. The SMILES string of the molecule is CCNC(=NCCCN1CCOCC1)NCCNC(=O)OC(C)(C)C. The van der Waals surface area contributed by atoms with E-state index in [1.165, 1.54) is 0 Å². The number of carbonyl (C=O) groups excluding carboxylic acids is 1. The number of alkyl carbamates (subject to hydrolysis) is 1. The molecule has 0 unspecified atom stereocenters. The second kappa shape index (κ2) is 11.9. The molecule has 0 aromatic carbocycles. The summed E-state index contributed by atoms with van der Waals surface area (Å²) in [6.07, 6.45) is 0.619. The molecule has 25 heavy (non-hydrogen) atoms. The maximum atomic E-state index is 11.6. The van der Waals surface area contributed by atoms with Crippen molar-refractivity contribution in [2.75, 3.05) is 59.0 Å². The standard InChI is InChI=1S/C17H35N5O3/c1-5-18-15(19-7-6-10-22-11-13-24-14-12-22)20-8-9-21-16(23)25-17(2,3)4/h5-14H2,1-4H3,(H,21,23)(H2,18,19,20). The number of morpholine rings is 1. The third kappa shape index (κ3) is 11.6. The molecule has 0 saturated carbocycles. The highest BCUT2D eigenvalue weighted by atomic mass is 16.6. The van der Waals surface area contributed by atoms with Crippen LogP contribution in [0.15, 0.2) is 4.99 Å². The lowest BCUT2D eigenvalue weighted by Crippen LogP contribution is -2.42. The first kappa shape index (κ1) is 21.5. The van der Waals surface area contributed by atoms with Gasteiger partial charge in [0, 0.05) is 45.8 Å². The van der Waals surface area contributed by atoms with Crippen molar-refractivity contribution in [3.8, 4) is 0 Å². The predicted molar refractivity (Wildman–Crippen MR) is 100 cm³/mol. The highest BCUT2D eigenvalue weighted by molar-refractivity contribution is 5.79. The molecule has 0 aromatic heterocycles. The Bertz CT molecular complexity index is 404. The fraction of sp³-hybridized carbons (Fsp3) is 0.882. The summed E-state index contributed by atoms with van der Waals surface area (Å²) in [7, 11) is 0. The van der Waals surface area contributed by atoms with Gasteiger partial charge in [-0.05, 0) is 34.1 Å². The van der Waals surface area contributed by atoms with Crippen molar-refractivity contribution < 1.29 is 14.3 Å². The summed E-state index contributed by atoms with van der Waals surface area (Å²) in [6, 6.07) is 0. The van der Waals surface area contributed by atoms with Gasteiger partial charge in [-0.25, -0.2) is 4.79 Å². The number of rotatable bonds is 8. The molecule has 0 aliphatic carbocycles. The number of nitrogens with one attached hydrogen (secondary N) is 3. The van der Waals surface area contributed by atoms with Gasteiger partial charge in [0.15, 0.2) is 5.96 Å². The average Bonchev–Trinajstić information content (AvgIpc) is 2.54. The molecule has 8 heteroatoms. The molecule has 0 atom stereocenters. The summed E-state index contributed by atoms with van der Waals surface area (Å²) in [5, 5.41) is 9.14. The fourth-order valence-electron chi connectivity index (χ4n) is 2.31. The van der Waals surface area contributed by atoms with Crippen LogP contribution in [-0.4, -0.2) is 81.6 Å². The number of aliphatic imine (C=N–C) groups is 1. The first-order valence-electron chi connectivity index (χ1n) is 9.20. The summed E-state index contributed by atoms with van der Waals surface area (Å²) in [5.41, 5.74) is -0.478. The Balaban J connectivity index is 2.18. The number of ether oxygens (including phenoxy) is 2. The van der Waals surface area contributed by atoms with Gasteiger partial charge in [-0.1, -0.05) is 0 Å². The van der Waals surface area contributed by atoms with Gasteiger partial charge in [-0.2, -0.15) is 0 Å². The molecule has 1 heterocycles. The van der Waals surface area contributed by atoms with E-state index in [1.807, 2.05) is 27.7 Å². The summed E-state index contributed by atoms with van der Waals surface area (Å²) in [6.45, 7) is 14.9. The molecule has 1 amide bonds. The zero-order valence-electron chi connectivity index (χ0n) is 16.2. The van der Waals surface area contributed by atoms with Crippen molar-refractivity contribution in [1.82, 2.24) is 20.9 Å². The second-order valence-corrected chi connectivity index (χ2v) is 6.92. The summed E-state index contributed by atoms with van der Waals surface area (Å²) >= 11 is 0. The van der Waals surface area contributed by atoms with Gasteiger partial charge in [0.1, 0.15) is 5.60 Å². The number of carbonyl (C=O) groups is 1. The van der Waals surface area contributed by atoms with Gasteiger partial charge in [-0.15, -0.1) is 0 Å². The Morgan fingerprint density at radius 2 is 1.84 bits per heavy atom. The normalized spacial score (nSPS) is 16.4. The molecule has 3 N–H and O–H groups in total. The first-order valence-corrected chi connectivity index (χ1v) is 9.20. The van der Waals surface area contributed by atoms with Crippen molar-refractivity contribution in [2.24, 2.45) is 4.99 Å². The van der Waals surface area contributed by atoms with E-state index in [-0.39, 0.29) is 0 Å². The van der Waals surface area contributed by atoms with E-state index in [4.69, 9.17) is 9.47 Å².